The van der Waals surface area contributed by atoms with Gasteiger partial charge >= 0.3 is 0 Å². The van der Waals surface area contributed by atoms with E-state index in [1.807, 2.05) is 30.3 Å². The van der Waals surface area contributed by atoms with Gasteiger partial charge in [-0.05, 0) is 18.6 Å². The standard InChI is InChI=1S/C14H22N2O4S/c1-15(21(17,18)16-9-12-19-13-10-16)8-5-11-20-14-6-3-2-4-7-14/h2-4,6-7H,5,8-13H2,1H3. The van der Waals surface area contributed by atoms with Crippen molar-refractivity contribution in [3.8, 4) is 5.75 Å². The Labute approximate surface area is 126 Å². The van der Waals surface area contributed by atoms with Crippen LogP contribution in [0, 0.1) is 0 Å². The first-order valence-electron chi connectivity index (χ1n) is 7.08. The second kappa shape index (κ2) is 7.74. The van der Waals surface area contributed by atoms with Crippen LogP contribution in [0.3, 0.4) is 0 Å². The molecular weight excluding hydrogens is 292 g/mol. The van der Waals surface area contributed by atoms with Crippen molar-refractivity contribution in [3.05, 3.63) is 30.3 Å². The third-order valence-electron chi connectivity index (χ3n) is 3.32. The van der Waals surface area contributed by atoms with Crippen molar-refractivity contribution in [3.63, 3.8) is 0 Å². The number of morpholine rings is 1. The Bertz CT molecular complexity index is 515. The molecule has 1 aromatic carbocycles. The van der Waals surface area contributed by atoms with E-state index in [4.69, 9.17) is 9.47 Å². The van der Waals surface area contributed by atoms with Gasteiger partial charge in [0.2, 0.25) is 0 Å². The molecule has 6 nitrogen and oxygen atoms in total. The smallest absolute Gasteiger partial charge is 0.281 e. The van der Waals surface area contributed by atoms with Crippen molar-refractivity contribution in [2.75, 3.05) is 46.5 Å². The second-order valence-electron chi connectivity index (χ2n) is 4.86. The molecule has 0 radical (unpaired) electrons. The fourth-order valence-corrected chi connectivity index (χ4v) is 3.45. The number of nitrogens with zero attached hydrogens (tertiary/aromatic N) is 2. The van der Waals surface area contributed by atoms with Crippen LogP contribution >= 0.6 is 0 Å². The highest BCUT2D eigenvalue weighted by atomic mass is 32.2. The highest BCUT2D eigenvalue weighted by Gasteiger charge is 2.27. The monoisotopic (exact) mass is 314 g/mol. The fourth-order valence-electron chi connectivity index (χ4n) is 2.08. The van der Waals surface area contributed by atoms with Crippen LogP contribution in [0.4, 0.5) is 0 Å². The molecule has 1 heterocycles. The maximum atomic E-state index is 12.3. The Balaban J connectivity index is 1.74. The molecule has 0 saturated carbocycles. The number of ether oxygens (including phenoxy) is 2. The Hall–Kier alpha value is -1.15. The van der Waals surface area contributed by atoms with Crippen molar-refractivity contribution in [2.24, 2.45) is 0 Å². The van der Waals surface area contributed by atoms with Crippen molar-refractivity contribution in [1.29, 1.82) is 0 Å². The predicted molar refractivity (Wildman–Crippen MR) is 80.5 cm³/mol. The van der Waals surface area contributed by atoms with Gasteiger partial charge in [-0.15, -0.1) is 0 Å². The van der Waals surface area contributed by atoms with Crippen LogP contribution in [0.2, 0.25) is 0 Å². The first-order valence-corrected chi connectivity index (χ1v) is 8.47. The van der Waals surface area contributed by atoms with Gasteiger partial charge in [0.15, 0.2) is 0 Å². The molecule has 118 valence electrons. The molecule has 0 atom stereocenters. The van der Waals surface area contributed by atoms with Gasteiger partial charge in [-0.3, -0.25) is 0 Å². The van der Waals surface area contributed by atoms with Crippen LogP contribution in [0.15, 0.2) is 30.3 Å². The van der Waals surface area contributed by atoms with Gasteiger partial charge in [-0.1, -0.05) is 18.2 Å². The molecule has 1 saturated heterocycles. The lowest BCUT2D eigenvalue weighted by atomic mass is 10.3. The maximum absolute atomic E-state index is 12.3. The SMILES string of the molecule is CN(CCCOc1ccccc1)S(=O)(=O)N1CCOCC1. The largest absolute Gasteiger partial charge is 0.494 e. The van der Waals surface area contributed by atoms with Crippen molar-refractivity contribution >= 4 is 10.2 Å². The fraction of sp³-hybridized carbons (Fsp3) is 0.571. The number of para-hydroxylation sites is 1. The van der Waals surface area contributed by atoms with Gasteiger partial charge in [-0.2, -0.15) is 17.0 Å². The Morgan fingerprint density at radius 2 is 1.90 bits per heavy atom. The summed E-state index contributed by atoms with van der Waals surface area (Å²) in [5.41, 5.74) is 0. The lowest BCUT2D eigenvalue weighted by molar-refractivity contribution is 0.0705. The average molecular weight is 314 g/mol. The van der Waals surface area contributed by atoms with E-state index >= 15 is 0 Å². The molecule has 0 aromatic heterocycles. The molecule has 0 bridgehead atoms. The topological polar surface area (TPSA) is 59.1 Å². The third-order valence-corrected chi connectivity index (χ3v) is 5.31. The van der Waals surface area contributed by atoms with E-state index in [0.717, 1.165) is 5.75 Å². The molecule has 0 spiro atoms. The molecule has 21 heavy (non-hydrogen) atoms. The van der Waals surface area contributed by atoms with Crippen molar-refractivity contribution in [1.82, 2.24) is 8.61 Å². The number of rotatable bonds is 7. The zero-order valence-electron chi connectivity index (χ0n) is 12.3. The minimum absolute atomic E-state index is 0.424. The van der Waals surface area contributed by atoms with Gasteiger partial charge in [-0.25, -0.2) is 0 Å². The Morgan fingerprint density at radius 1 is 1.24 bits per heavy atom. The van der Waals surface area contributed by atoms with Crippen molar-refractivity contribution in [2.45, 2.75) is 6.42 Å². The summed E-state index contributed by atoms with van der Waals surface area (Å²) in [5, 5.41) is 0. The predicted octanol–water partition coefficient (Wildman–Crippen LogP) is 0.964. The van der Waals surface area contributed by atoms with Gasteiger partial charge in [0, 0.05) is 26.7 Å². The molecule has 0 unspecified atom stereocenters. The van der Waals surface area contributed by atoms with Crippen LogP contribution < -0.4 is 4.74 Å². The molecule has 1 aromatic rings. The van der Waals surface area contributed by atoms with E-state index in [1.165, 1.54) is 8.61 Å². The van der Waals surface area contributed by atoms with Gasteiger partial charge < -0.3 is 9.47 Å². The Morgan fingerprint density at radius 3 is 2.57 bits per heavy atom. The summed E-state index contributed by atoms with van der Waals surface area (Å²) in [7, 11) is -1.77. The van der Waals surface area contributed by atoms with E-state index in [0.29, 0.717) is 45.9 Å². The first kappa shape index (κ1) is 16.2. The van der Waals surface area contributed by atoms with E-state index in [9.17, 15) is 8.42 Å². The molecule has 0 N–H and O–H groups in total. The second-order valence-corrected chi connectivity index (χ2v) is 6.89. The molecule has 0 amide bonds. The van der Waals surface area contributed by atoms with E-state index in [2.05, 4.69) is 0 Å². The number of hydrogen-bond donors (Lipinski definition) is 0. The average Bonchev–Trinajstić information content (AvgIpc) is 2.53. The van der Waals surface area contributed by atoms with Crippen LogP contribution in [0.25, 0.3) is 0 Å². The van der Waals surface area contributed by atoms with E-state index < -0.39 is 10.2 Å². The van der Waals surface area contributed by atoms with E-state index in [1.54, 1.807) is 7.05 Å². The summed E-state index contributed by atoms with van der Waals surface area (Å²) in [6, 6.07) is 9.51. The lowest BCUT2D eigenvalue weighted by Crippen LogP contribution is -2.47. The van der Waals surface area contributed by atoms with Gasteiger partial charge in [0.1, 0.15) is 5.75 Å². The quantitative estimate of drug-likeness (QED) is 0.704. The maximum Gasteiger partial charge on any atom is 0.281 e. The highest BCUT2D eigenvalue weighted by Crippen LogP contribution is 2.11. The summed E-state index contributed by atoms with van der Waals surface area (Å²) in [6.45, 7) is 2.70. The molecule has 1 aliphatic rings. The molecular formula is C14H22N2O4S. The summed E-state index contributed by atoms with van der Waals surface area (Å²) in [6.07, 6.45) is 0.648. The normalized spacial score (nSPS) is 17.0. The van der Waals surface area contributed by atoms with Crippen LogP contribution in [-0.2, 0) is 14.9 Å². The van der Waals surface area contributed by atoms with Gasteiger partial charge in [0.25, 0.3) is 10.2 Å². The minimum atomic E-state index is -3.38. The van der Waals surface area contributed by atoms with E-state index in [-0.39, 0.29) is 0 Å². The van der Waals surface area contributed by atoms with Crippen LogP contribution in [-0.4, -0.2) is 63.5 Å². The number of benzene rings is 1. The minimum Gasteiger partial charge on any atom is -0.494 e. The van der Waals surface area contributed by atoms with Crippen molar-refractivity contribution < 1.29 is 17.9 Å². The first-order chi connectivity index (χ1) is 10.1. The molecule has 1 fully saturated rings. The summed E-state index contributed by atoms with van der Waals surface area (Å²) in [4.78, 5) is 0. The zero-order valence-corrected chi connectivity index (χ0v) is 13.1. The zero-order chi connectivity index (χ0) is 15.1. The lowest BCUT2D eigenvalue weighted by Gasteiger charge is -2.30. The van der Waals surface area contributed by atoms with Crippen LogP contribution in [0.1, 0.15) is 6.42 Å². The number of hydrogen-bond acceptors (Lipinski definition) is 4. The van der Waals surface area contributed by atoms with Gasteiger partial charge in [0.05, 0.1) is 19.8 Å². The molecule has 1 aliphatic heterocycles. The summed E-state index contributed by atoms with van der Waals surface area (Å²) in [5.74, 6) is 0.802. The highest BCUT2D eigenvalue weighted by molar-refractivity contribution is 7.86. The molecule has 7 heteroatoms. The van der Waals surface area contributed by atoms with Crippen LogP contribution in [0.5, 0.6) is 5.75 Å². The third kappa shape index (κ3) is 4.67. The summed E-state index contributed by atoms with van der Waals surface area (Å²) < 4.78 is 38.2. The Kier molecular flexibility index (Phi) is 5.98. The summed E-state index contributed by atoms with van der Waals surface area (Å²) >= 11 is 0. The molecule has 0 aliphatic carbocycles. The molecule has 2 rings (SSSR count).